The van der Waals surface area contributed by atoms with Gasteiger partial charge in [0, 0.05) is 24.4 Å². The summed E-state index contributed by atoms with van der Waals surface area (Å²) in [6.07, 6.45) is 9.71. The molecular formula is C14H23N3S. The van der Waals surface area contributed by atoms with E-state index < -0.39 is 0 Å². The molecule has 1 aliphatic carbocycles. The van der Waals surface area contributed by atoms with E-state index in [1.165, 1.54) is 57.3 Å². The molecule has 1 saturated carbocycles. The quantitative estimate of drug-likeness (QED) is 0.910. The predicted octanol–water partition coefficient (Wildman–Crippen LogP) is 2.92. The van der Waals surface area contributed by atoms with Crippen molar-refractivity contribution >= 4 is 16.5 Å². The Morgan fingerprint density at radius 3 is 2.83 bits per heavy atom. The summed E-state index contributed by atoms with van der Waals surface area (Å²) in [6.45, 7) is 2.46. The number of hydrogen-bond donors (Lipinski definition) is 1. The third kappa shape index (κ3) is 2.69. The van der Waals surface area contributed by atoms with Crippen LogP contribution in [0, 0.1) is 5.92 Å². The van der Waals surface area contributed by atoms with Gasteiger partial charge in [-0.2, -0.15) is 0 Å². The predicted molar refractivity (Wildman–Crippen MR) is 76.8 cm³/mol. The molecule has 1 atom stereocenters. The summed E-state index contributed by atoms with van der Waals surface area (Å²) in [4.78, 5) is 7.08. The molecule has 1 saturated heterocycles. The zero-order valence-corrected chi connectivity index (χ0v) is 11.8. The van der Waals surface area contributed by atoms with Gasteiger partial charge in [-0.3, -0.25) is 4.90 Å². The monoisotopic (exact) mass is 265 g/mol. The molecule has 2 fully saturated rings. The first-order valence-corrected chi connectivity index (χ1v) is 8.15. The molecule has 0 aromatic carbocycles. The summed E-state index contributed by atoms with van der Waals surface area (Å²) in [6, 6.07) is 0.864. The molecule has 2 heterocycles. The van der Waals surface area contributed by atoms with Gasteiger partial charge in [-0.1, -0.05) is 12.8 Å². The third-order valence-corrected chi connectivity index (χ3v) is 5.31. The van der Waals surface area contributed by atoms with Crippen molar-refractivity contribution in [3.05, 3.63) is 11.1 Å². The minimum atomic E-state index is 0.707. The van der Waals surface area contributed by atoms with E-state index in [1.807, 2.05) is 0 Å². The van der Waals surface area contributed by atoms with Crippen molar-refractivity contribution in [3.8, 4) is 0 Å². The Hall–Kier alpha value is -0.610. The van der Waals surface area contributed by atoms with Gasteiger partial charge in [-0.15, -0.1) is 11.3 Å². The van der Waals surface area contributed by atoms with Gasteiger partial charge < -0.3 is 5.73 Å². The van der Waals surface area contributed by atoms with Crippen molar-refractivity contribution in [2.75, 3.05) is 18.8 Å². The highest BCUT2D eigenvalue weighted by Crippen LogP contribution is 2.35. The summed E-state index contributed by atoms with van der Waals surface area (Å²) in [5.41, 5.74) is 6.86. The molecule has 100 valence electrons. The van der Waals surface area contributed by atoms with Gasteiger partial charge in [-0.25, -0.2) is 4.98 Å². The van der Waals surface area contributed by atoms with Crippen LogP contribution >= 0.6 is 11.3 Å². The Bertz CT molecular complexity index is 384. The first-order chi connectivity index (χ1) is 8.83. The van der Waals surface area contributed by atoms with Gasteiger partial charge in [0.1, 0.15) is 0 Å². The average Bonchev–Trinajstić information content (AvgIpc) is 3.07. The first-order valence-electron chi connectivity index (χ1n) is 7.27. The summed E-state index contributed by atoms with van der Waals surface area (Å²) in [5, 5.41) is 2.81. The van der Waals surface area contributed by atoms with E-state index in [1.54, 1.807) is 11.3 Å². The van der Waals surface area contributed by atoms with Gasteiger partial charge in [0.15, 0.2) is 5.13 Å². The van der Waals surface area contributed by atoms with Gasteiger partial charge in [-0.05, 0) is 38.1 Å². The van der Waals surface area contributed by atoms with Gasteiger partial charge in [0.2, 0.25) is 0 Å². The van der Waals surface area contributed by atoms with E-state index in [0.717, 1.165) is 18.4 Å². The second kappa shape index (κ2) is 5.57. The molecular weight excluding hydrogens is 242 g/mol. The average molecular weight is 265 g/mol. The molecule has 0 spiro atoms. The lowest BCUT2D eigenvalue weighted by atomic mass is 9.96. The SMILES string of the molecule is Nc1nc(CCN2CCCC2C2CCCC2)cs1. The summed E-state index contributed by atoms with van der Waals surface area (Å²) in [7, 11) is 0. The number of likely N-dealkylation sites (tertiary alicyclic amines) is 1. The van der Waals surface area contributed by atoms with Crippen LogP contribution in [0.2, 0.25) is 0 Å². The molecule has 1 aromatic heterocycles. The van der Waals surface area contributed by atoms with Gasteiger partial charge in [0.05, 0.1) is 5.69 Å². The number of anilines is 1. The highest BCUT2D eigenvalue weighted by Gasteiger charge is 2.32. The zero-order chi connectivity index (χ0) is 12.4. The highest BCUT2D eigenvalue weighted by atomic mass is 32.1. The van der Waals surface area contributed by atoms with Crippen LogP contribution in [0.3, 0.4) is 0 Å². The Morgan fingerprint density at radius 2 is 2.11 bits per heavy atom. The van der Waals surface area contributed by atoms with Crippen LogP contribution in [-0.2, 0) is 6.42 Å². The molecule has 1 aliphatic heterocycles. The molecule has 2 aliphatic rings. The third-order valence-electron chi connectivity index (χ3n) is 4.58. The Labute approximate surface area is 113 Å². The topological polar surface area (TPSA) is 42.1 Å². The van der Waals surface area contributed by atoms with E-state index in [-0.39, 0.29) is 0 Å². The van der Waals surface area contributed by atoms with E-state index in [4.69, 9.17) is 5.73 Å². The maximum atomic E-state index is 5.68. The fourth-order valence-corrected chi connectivity index (χ4v) is 4.30. The molecule has 3 nitrogen and oxygen atoms in total. The van der Waals surface area contributed by atoms with Crippen LogP contribution < -0.4 is 5.73 Å². The van der Waals surface area contributed by atoms with Crippen LogP contribution in [0.1, 0.15) is 44.2 Å². The van der Waals surface area contributed by atoms with E-state index in [2.05, 4.69) is 15.3 Å². The Morgan fingerprint density at radius 1 is 1.28 bits per heavy atom. The number of nitrogen functional groups attached to an aromatic ring is 1. The number of hydrogen-bond acceptors (Lipinski definition) is 4. The Kier molecular flexibility index (Phi) is 3.85. The molecule has 18 heavy (non-hydrogen) atoms. The standard InChI is InChI=1S/C14H23N3S/c15-14-16-12(10-18-14)7-9-17-8-3-6-13(17)11-4-1-2-5-11/h10-11,13H,1-9H2,(H2,15,16). The molecule has 0 radical (unpaired) electrons. The van der Waals surface area contributed by atoms with Crippen LogP contribution in [0.4, 0.5) is 5.13 Å². The van der Waals surface area contributed by atoms with Crippen molar-refractivity contribution in [3.63, 3.8) is 0 Å². The minimum Gasteiger partial charge on any atom is -0.375 e. The maximum Gasteiger partial charge on any atom is 0.180 e. The zero-order valence-electron chi connectivity index (χ0n) is 11.0. The minimum absolute atomic E-state index is 0.707. The smallest absolute Gasteiger partial charge is 0.180 e. The van der Waals surface area contributed by atoms with E-state index in [9.17, 15) is 0 Å². The van der Waals surface area contributed by atoms with Crippen molar-refractivity contribution < 1.29 is 0 Å². The lowest BCUT2D eigenvalue weighted by Gasteiger charge is -2.29. The molecule has 2 N–H and O–H groups in total. The van der Waals surface area contributed by atoms with Gasteiger partial charge >= 0.3 is 0 Å². The van der Waals surface area contributed by atoms with Gasteiger partial charge in [0.25, 0.3) is 0 Å². The second-order valence-corrected chi connectivity index (χ2v) is 6.61. The van der Waals surface area contributed by atoms with Crippen molar-refractivity contribution in [1.29, 1.82) is 0 Å². The normalized spacial score (nSPS) is 26.1. The lowest BCUT2D eigenvalue weighted by molar-refractivity contribution is 0.192. The number of rotatable bonds is 4. The maximum absolute atomic E-state index is 5.68. The van der Waals surface area contributed by atoms with Crippen LogP contribution in [0.15, 0.2) is 5.38 Å². The van der Waals surface area contributed by atoms with Crippen LogP contribution in [-0.4, -0.2) is 29.0 Å². The second-order valence-electron chi connectivity index (χ2n) is 5.72. The number of aromatic nitrogens is 1. The fraction of sp³-hybridized carbons (Fsp3) is 0.786. The molecule has 4 heteroatoms. The van der Waals surface area contributed by atoms with Crippen LogP contribution in [0.25, 0.3) is 0 Å². The summed E-state index contributed by atoms with van der Waals surface area (Å²) < 4.78 is 0. The Balaban J connectivity index is 1.54. The molecule has 3 rings (SSSR count). The molecule has 1 unspecified atom stereocenters. The van der Waals surface area contributed by atoms with Crippen molar-refractivity contribution in [1.82, 2.24) is 9.88 Å². The summed E-state index contributed by atoms with van der Waals surface area (Å²) >= 11 is 1.56. The van der Waals surface area contributed by atoms with E-state index >= 15 is 0 Å². The molecule has 0 amide bonds. The highest BCUT2D eigenvalue weighted by molar-refractivity contribution is 7.13. The number of nitrogens with two attached hydrogens (primary N) is 1. The van der Waals surface area contributed by atoms with Crippen LogP contribution in [0.5, 0.6) is 0 Å². The molecule has 1 aromatic rings. The first kappa shape index (κ1) is 12.4. The van der Waals surface area contributed by atoms with Crippen molar-refractivity contribution in [2.45, 2.75) is 51.0 Å². The van der Waals surface area contributed by atoms with Crippen molar-refractivity contribution in [2.24, 2.45) is 5.92 Å². The fourth-order valence-electron chi connectivity index (χ4n) is 3.70. The number of thiazole rings is 1. The van der Waals surface area contributed by atoms with E-state index in [0.29, 0.717) is 5.13 Å². The largest absolute Gasteiger partial charge is 0.375 e. The summed E-state index contributed by atoms with van der Waals surface area (Å²) in [5.74, 6) is 0.980. The lowest BCUT2D eigenvalue weighted by Crippen LogP contribution is -2.36. The number of nitrogens with zero attached hydrogens (tertiary/aromatic N) is 2. The molecule has 0 bridgehead atoms.